The fourth-order valence-corrected chi connectivity index (χ4v) is 2.11. The summed E-state index contributed by atoms with van der Waals surface area (Å²) in [5.41, 5.74) is 9.43. The van der Waals surface area contributed by atoms with Gasteiger partial charge in [0.1, 0.15) is 5.82 Å². The van der Waals surface area contributed by atoms with E-state index >= 15 is 0 Å². The van der Waals surface area contributed by atoms with Crippen LogP contribution in [0.1, 0.15) is 0 Å². The van der Waals surface area contributed by atoms with Crippen LogP contribution in [0.5, 0.6) is 0 Å². The lowest BCUT2D eigenvalue weighted by atomic mass is 10.2. The molecule has 17 heavy (non-hydrogen) atoms. The van der Waals surface area contributed by atoms with Crippen molar-refractivity contribution in [2.45, 2.75) is 0 Å². The fraction of sp³-hybridized carbons (Fsp3) is 0. The highest BCUT2D eigenvalue weighted by molar-refractivity contribution is 9.10. The highest BCUT2D eigenvalue weighted by Crippen LogP contribution is 2.23. The number of anilines is 1. The lowest BCUT2D eigenvalue weighted by molar-refractivity contribution is 1.34. The van der Waals surface area contributed by atoms with E-state index in [-0.39, 0.29) is 0 Å². The molecule has 0 spiro atoms. The van der Waals surface area contributed by atoms with Gasteiger partial charge in [-0.25, -0.2) is 4.98 Å². The van der Waals surface area contributed by atoms with Crippen LogP contribution in [0.25, 0.3) is 22.4 Å². The van der Waals surface area contributed by atoms with Gasteiger partial charge in [-0.2, -0.15) is 0 Å². The minimum atomic E-state index is 0.757. The molecule has 0 radical (unpaired) electrons. The van der Waals surface area contributed by atoms with Crippen LogP contribution in [0.2, 0.25) is 0 Å². The number of imidazole rings is 1. The predicted molar refractivity (Wildman–Crippen MR) is 73.6 cm³/mol. The van der Waals surface area contributed by atoms with Crippen molar-refractivity contribution in [3.05, 3.63) is 46.9 Å². The summed E-state index contributed by atoms with van der Waals surface area (Å²) < 4.78 is 1.03. The average Bonchev–Trinajstić information content (AvgIpc) is 2.72. The number of nitrogens with two attached hydrogens (primary N) is 1. The second-order valence-electron chi connectivity index (χ2n) is 3.87. The number of nitrogens with one attached hydrogen (secondary N) is 1. The first-order valence-electron chi connectivity index (χ1n) is 5.23. The van der Waals surface area contributed by atoms with E-state index in [1.54, 1.807) is 0 Å². The van der Waals surface area contributed by atoms with Crippen molar-refractivity contribution in [1.82, 2.24) is 9.97 Å². The van der Waals surface area contributed by atoms with Gasteiger partial charge in [0, 0.05) is 15.7 Å². The number of rotatable bonds is 1. The molecule has 0 saturated carbocycles. The third-order valence-electron chi connectivity index (χ3n) is 2.63. The Morgan fingerprint density at radius 3 is 2.59 bits per heavy atom. The molecule has 1 heterocycles. The molecule has 3 rings (SSSR count). The lowest BCUT2D eigenvalue weighted by Crippen LogP contribution is -1.84. The van der Waals surface area contributed by atoms with Crippen LogP contribution in [0.15, 0.2) is 46.9 Å². The van der Waals surface area contributed by atoms with Gasteiger partial charge >= 0.3 is 0 Å². The standard InChI is InChI=1S/C13H10BrN3/c14-9-3-6-11-12(7-9)17-13(16-11)8-1-4-10(15)5-2-8/h1-7H,15H2,(H,16,17). The highest BCUT2D eigenvalue weighted by Gasteiger charge is 2.05. The Morgan fingerprint density at radius 2 is 1.82 bits per heavy atom. The summed E-state index contributed by atoms with van der Waals surface area (Å²) in [6.45, 7) is 0. The molecule has 0 bridgehead atoms. The van der Waals surface area contributed by atoms with Crippen molar-refractivity contribution in [3.8, 4) is 11.4 Å². The van der Waals surface area contributed by atoms with Crippen molar-refractivity contribution in [1.29, 1.82) is 0 Å². The number of halogens is 1. The predicted octanol–water partition coefficient (Wildman–Crippen LogP) is 3.57. The van der Waals surface area contributed by atoms with Crippen LogP contribution in [0.4, 0.5) is 5.69 Å². The molecular weight excluding hydrogens is 278 g/mol. The Kier molecular flexibility index (Phi) is 2.37. The number of aromatic amines is 1. The van der Waals surface area contributed by atoms with E-state index in [9.17, 15) is 0 Å². The first-order chi connectivity index (χ1) is 8.22. The zero-order chi connectivity index (χ0) is 11.8. The van der Waals surface area contributed by atoms with Gasteiger partial charge < -0.3 is 10.7 Å². The van der Waals surface area contributed by atoms with Crippen LogP contribution in [-0.4, -0.2) is 9.97 Å². The average molecular weight is 288 g/mol. The number of fused-ring (bicyclic) bond motifs is 1. The molecule has 3 nitrogen and oxygen atoms in total. The number of H-pyrrole nitrogens is 1. The van der Waals surface area contributed by atoms with E-state index in [0.29, 0.717) is 0 Å². The van der Waals surface area contributed by atoms with E-state index < -0.39 is 0 Å². The van der Waals surface area contributed by atoms with Gasteiger partial charge in [-0.1, -0.05) is 15.9 Å². The quantitative estimate of drug-likeness (QED) is 0.672. The van der Waals surface area contributed by atoms with Gasteiger partial charge in [-0.05, 0) is 42.5 Å². The zero-order valence-corrected chi connectivity index (χ0v) is 10.5. The van der Waals surface area contributed by atoms with E-state index in [1.165, 1.54) is 0 Å². The molecule has 1 aromatic heterocycles. The maximum atomic E-state index is 5.66. The number of benzene rings is 2. The van der Waals surface area contributed by atoms with Crippen molar-refractivity contribution in [3.63, 3.8) is 0 Å². The normalized spacial score (nSPS) is 10.9. The Hall–Kier alpha value is -1.81. The molecule has 0 fully saturated rings. The van der Waals surface area contributed by atoms with Gasteiger partial charge in [0.05, 0.1) is 11.0 Å². The fourth-order valence-electron chi connectivity index (χ4n) is 1.76. The number of nitrogen functional groups attached to an aromatic ring is 1. The molecular formula is C13H10BrN3. The smallest absolute Gasteiger partial charge is 0.138 e. The minimum absolute atomic E-state index is 0.757. The van der Waals surface area contributed by atoms with Gasteiger partial charge in [-0.3, -0.25) is 0 Å². The SMILES string of the molecule is Nc1ccc(-c2nc3cc(Br)ccc3[nH]2)cc1. The Morgan fingerprint density at radius 1 is 1.06 bits per heavy atom. The van der Waals surface area contributed by atoms with Gasteiger partial charge in [-0.15, -0.1) is 0 Å². The van der Waals surface area contributed by atoms with Crippen LogP contribution < -0.4 is 5.73 Å². The third kappa shape index (κ3) is 1.91. The summed E-state index contributed by atoms with van der Waals surface area (Å²) in [7, 11) is 0. The maximum Gasteiger partial charge on any atom is 0.138 e. The van der Waals surface area contributed by atoms with Crippen molar-refractivity contribution in [2.75, 3.05) is 5.73 Å². The van der Waals surface area contributed by atoms with Crippen LogP contribution in [0.3, 0.4) is 0 Å². The largest absolute Gasteiger partial charge is 0.399 e. The van der Waals surface area contributed by atoms with Crippen molar-refractivity contribution < 1.29 is 0 Å². The van der Waals surface area contributed by atoms with E-state index in [4.69, 9.17) is 5.73 Å². The summed E-state index contributed by atoms with van der Waals surface area (Å²) >= 11 is 3.44. The summed E-state index contributed by atoms with van der Waals surface area (Å²) in [6.07, 6.45) is 0. The molecule has 2 aromatic carbocycles. The minimum Gasteiger partial charge on any atom is -0.399 e. The van der Waals surface area contributed by atoms with E-state index in [1.807, 2.05) is 42.5 Å². The second kappa shape index (κ2) is 3.89. The summed E-state index contributed by atoms with van der Waals surface area (Å²) in [6, 6.07) is 13.7. The molecule has 0 aliphatic rings. The van der Waals surface area contributed by atoms with E-state index in [0.717, 1.165) is 32.6 Å². The number of hydrogen-bond donors (Lipinski definition) is 2. The van der Waals surface area contributed by atoms with Crippen LogP contribution in [-0.2, 0) is 0 Å². The lowest BCUT2D eigenvalue weighted by Gasteiger charge is -1.96. The molecule has 0 amide bonds. The second-order valence-corrected chi connectivity index (χ2v) is 4.78. The molecule has 0 aliphatic carbocycles. The highest BCUT2D eigenvalue weighted by atomic mass is 79.9. The molecule has 3 N–H and O–H groups in total. The maximum absolute atomic E-state index is 5.66. The van der Waals surface area contributed by atoms with Gasteiger partial charge in [0.25, 0.3) is 0 Å². The zero-order valence-electron chi connectivity index (χ0n) is 8.94. The Bertz CT molecular complexity index is 671. The molecule has 0 saturated heterocycles. The van der Waals surface area contributed by atoms with Crippen LogP contribution in [0, 0.1) is 0 Å². The van der Waals surface area contributed by atoms with Gasteiger partial charge in [0.2, 0.25) is 0 Å². The number of aromatic nitrogens is 2. The first-order valence-corrected chi connectivity index (χ1v) is 6.03. The summed E-state index contributed by atoms with van der Waals surface area (Å²) in [5, 5.41) is 0. The number of hydrogen-bond acceptors (Lipinski definition) is 2. The topological polar surface area (TPSA) is 54.7 Å². The molecule has 0 aliphatic heterocycles. The van der Waals surface area contributed by atoms with Crippen LogP contribution >= 0.6 is 15.9 Å². The van der Waals surface area contributed by atoms with Gasteiger partial charge in [0.15, 0.2) is 0 Å². The molecule has 0 atom stereocenters. The molecule has 3 aromatic rings. The monoisotopic (exact) mass is 287 g/mol. The van der Waals surface area contributed by atoms with E-state index in [2.05, 4.69) is 25.9 Å². The summed E-state index contributed by atoms with van der Waals surface area (Å²) in [5.74, 6) is 0.859. The third-order valence-corrected chi connectivity index (χ3v) is 3.12. The molecule has 0 unspecified atom stereocenters. The van der Waals surface area contributed by atoms with Crippen molar-refractivity contribution in [2.24, 2.45) is 0 Å². The molecule has 84 valence electrons. The molecule has 4 heteroatoms. The van der Waals surface area contributed by atoms with Crippen molar-refractivity contribution >= 4 is 32.7 Å². The summed E-state index contributed by atoms with van der Waals surface area (Å²) in [4.78, 5) is 7.83. The number of nitrogens with zero attached hydrogens (tertiary/aromatic N) is 1. The Balaban J connectivity index is 2.14. The Labute approximate surface area is 107 Å². The first kappa shape index (κ1) is 10.4.